The number of halogens is 1. The third-order valence-electron chi connectivity index (χ3n) is 3.33. The van der Waals surface area contributed by atoms with E-state index in [9.17, 15) is 4.79 Å². The summed E-state index contributed by atoms with van der Waals surface area (Å²) >= 11 is 5.98. The Bertz CT molecular complexity index is 695. The lowest BCUT2D eigenvalue weighted by Gasteiger charge is -2.15. The number of ether oxygens (including phenoxy) is 1. The molecular weight excluding hydrogens is 332 g/mol. The van der Waals surface area contributed by atoms with Crippen molar-refractivity contribution in [3.8, 4) is 11.1 Å². The molecule has 0 spiro atoms. The second-order valence-electron chi connectivity index (χ2n) is 6.65. The molecule has 0 aliphatic heterocycles. The van der Waals surface area contributed by atoms with Gasteiger partial charge in [-0.2, -0.15) is 5.10 Å². The molecule has 2 aromatic rings. The normalized spacial score (nSPS) is 11.7. The molecule has 1 aromatic heterocycles. The van der Waals surface area contributed by atoms with E-state index in [0.29, 0.717) is 11.8 Å². The molecule has 0 unspecified atom stereocenters. The van der Waals surface area contributed by atoms with Crippen molar-refractivity contribution >= 4 is 25.6 Å². The Morgan fingerprint density at radius 3 is 2.70 bits per heavy atom. The topological polar surface area (TPSA) is 64.3 Å². The molecule has 0 bridgehead atoms. The maximum atomic E-state index is 11.1. The molecule has 5 nitrogen and oxygen atoms in total. The Balaban J connectivity index is 2.03. The van der Waals surface area contributed by atoms with Crippen molar-refractivity contribution in [2.75, 3.05) is 6.61 Å². The quantitative estimate of drug-likeness (QED) is 0.598. The molecule has 0 saturated heterocycles. The van der Waals surface area contributed by atoms with Gasteiger partial charge in [-0.25, -0.2) is 9.48 Å². The number of carbonyl (C=O) groups is 1. The van der Waals surface area contributed by atoms with E-state index in [4.69, 9.17) is 21.4 Å². The SMILES string of the molecule is C[Si](C)(C)CCOCn1cc(-c2cc(Cl)cc(C(=O)O)c2)cn1. The van der Waals surface area contributed by atoms with E-state index >= 15 is 0 Å². The van der Waals surface area contributed by atoms with Crippen LogP contribution in [0.4, 0.5) is 0 Å². The first kappa shape index (κ1) is 17.7. The molecule has 0 atom stereocenters. The second kappa shape index (κ2) is 7.29. The number of aromatic nitrogens is 2. The average molecular weight is 353 g/mol. The minimum Gasteiger partial charge on any atom is -0.478 e. The van der Waals surface area contributed by atoms with E-state index in [0.717, 1.165) is 23.8 Å². The van der Waals surface area contributed by atoms with Crippen LogP contribution in [0, 0.1) is 0 Å². The zero-order chi connectivity index (χ0) is 17.0. The Hall–Kier alpha value is -1.63. The monoisotopic (exact) mass is 352 g/mol. The highest BCUT2D eigenvalue weighted by Gasteiger charge is 2.12. The lowest BCUT2D eigenvalue weighted by atomic mass is 10.1. The van der Waals surface area contributed by atoms with Gasteiger partial charge in [0.25, 0.3) is 0 Å². The lowest BCUT2D eigenvalue weighted by molar-refractivity contribution is 0.0697. The van der Waals surface area contributed by atoms with Crippen molar-refractivity contribution in [1.29, 1.82) is 0 Å². The first-order valence-electron chi connectivity index (χ1n) is 7.39. The van der Waals surface area contributed by atoms with Gasteiger partial charge in [-0.05, 0) is 29.8 Å². The van der Waals surface area contributed by atoms with Crippen molar-refractivity contribution < 1.29 is 14.6 Å². The number of hydrogen-bond acceptors (Lipinski definition) is 3. The van der Waals surface area contributed by atoms with Crippen LogP contribution in [0.3, 0.4) is 0 Å². The molecule has 1 aromatic carbocycles. The molecule has 0 amide bonds. The maximum absolute atomic E-state index is 11.1. The highest BCUT2D eigenvalue weighted by atomic mass is 35.5. The van der Waals surface area contributed by atoms with Gasteiger partial charge in [0.15, 0.2) is 0 Å². The van der Waals surface area contributed by atoms with Crippen LogP contribution in [0.15, 0.2) is 30.6 Å². The van der Waals surface area contributed by atoms with Crippen LogP contribution in [0.1, 0.15) is 10.4 Å². The third kappa shape index (κ3) is 5.49. The van der Waals surface area contributed by atoms with E-state index in [2.05, 4.69) is 24.7 Å². The van der Waals surface area contributed by atoms with Gasteiger partial charge in [-0.1, -0.05) is 31.2 Å². The van der Waals surface area contributed by atoms with Gasteiger partial charge in [0.2, 0.25) is 0 Å². The summed E-state index contributed by atoms with van der Waals surface area (Å²) < 4.78 is 7.34. The van der Waals surface area contributed by atoms with Crippen LogP contribution in [-0.2, 0) is 11.5 Å². The van der Waals surface area contributed by atoms with Crippen LogP contribution < -0.4 is 0 Å². The molecule has 1 N–H and O–H groups in total. The maximum Gasteiger partial charge on any atom is 0.335 e. The molecule has 0 saturated carbocycles. The summed E-state index contributed by atoms with van der Waals surface area (Å²) in [4.78, 5) is 11.1. The van der Waals surface area contributed by atoms with E-state index in [-0.39, 0.29) is 5.56 Å². The predicted octanol–water partition coefficient (Wildman–Crippen LogP) is 4.21. The fourth-order valence-corrected chi connectivity index (χ4v) is 2.99. The first-order valence-corrected chi connectivity index (χ1v) is 11.5. The fourth-order valence-electron chi connectivity index (χ4n) is 2.00. The highest BCUT2D eigenvalue weighted by molar-refractivity contribution is 6.76. The smallest absolute Gasteiger partial charge is 0.335 e. The molecule has 23 heavy (non-hydrogen) atoms. The van der Waals surface area contributed by atoms with Gasteiger partial charge < -0.3 is 9.84 Å². The molecule has 0 aliphatic carbocycles. The van der Waals surface area contributed by atoms with Gasteiger partial charge in [0.05, 0.1) is 11.8 Å². The van der Waals surface area contributed by atoms with Crippen molar-refractivity contribution in [1.82, 2.24) is 9.78 Å². The van der Waals surface area contributed by atoms with Crippen molar-refractivity contribution in [3.05, 3.63) is 41.2 Å². The summed E-state index contributed by atoms with van der Waals surface area (Å²) in [6.07, 6.45) is 3.50. The zero-order valence-electron chi connectivity index (χ0n) is 13.5. The van der Waals surface area contributed by atoms with E-state index in [1.165, 1.54) is 6.07 Å². The molecular formula is C16H21ClN2O3Si. The number of benzene rings is 1. The zero-order valence-corrected chi connectivity index (χ0v) is 15.3. The van der Waals surface area contributed by atoms with Crippen LogP contribution >= 0.6 is 11.6 Å². The van der Waals surface area contributed by atoms with Crippen LogP contribution in [0.25, 0.3) is 11.1 Å². The first-order chi connectivity index (χ1) is 10.7. The molecule has 2 rings (SSSR count). The predicted molar refractivity (Wildman–Crippen MR) is 93.7 cm³/mol. The molecule has 0 aliphatic rings. The number of hydrogen-bond donors (Lipinski definition) is 1. The summed E-state index contributed by atoms with van der Waals surface area (Å²) in [6, 6.07) is 5.84. The molecule has 1 heterocycles. The largest absolute Gasteiger partial charge is 0.478 e. The Labute approximate surface area is 141 Å². The third-order valence-corrected chi connectivity index (χ3v) is 5.25. The number of carboxylic acid groups (broad SMARTS) is 1. The van der Waals surface area contributed by atoms with Crippen LogP contribution in [0.5, 0.6) is 0 Å². The highest BCUT2D eigenvalue weighted by Crippen LogP contribution is 2.24. The molecule has 0 radical (unpaired) electrons. The van der Waals surface area contributed by atoms with Gasteiger partial charge in [-0.3, -0.25) is 0 Å². The Morgan fingerprint density at radius 1 is 1.30 bits per heavy atom. The lowest BCUT2D eigenvalue weighted by Crippen LogP contribution is -2.22. The fraction of sp³-hybridized carbons (Fsp3) is 0.375. The van der Waals surface area contributed by atoms with Crippen LogP contribution in [0.2, 0.25) is 30.7 Å². The summed E-state index contributed by atoms with van der Waals surface area (Å²) in [5, 5.41) is 13.7. The average Bonchev–Trinajstić information content (AvgIpc) is 2.91. The Kier molecular flexibility index (Phi) is 5.62. The van der Waals surface area contributed by atoms with Crippen molar-refractivity contribution in [2.45, 2.75) is 32.4 Å². The van der Waals surface area contributed by atoms with Crippen LogP contribution in [-0.4, -0.2) is 35.5 Å². The van der Waals surface area contributed by atoms with E-state index in [1.54, 1.807) is 23.0 Å². The molecule has 124 valence electrons. The Morgan fingerprint density at radius 2 is 2.04 bits per heavy atom. The molecule has 0 fully saturated rings. The summed E-state index contributed by atoms with van der Waals surface area (Å²) in [7, 11) is -1.09. The minimum absolute atomic E-state index is 0.159. The number of aromatic carboxylic acids is 1. The van der Waals surface area contributed by atoms with E-state index < -0.39 is 14.0 Å². The van der Waals surface area contributed by atoms with Gasteiger partial charge in [-0.15, -0.1) is 0 Å². The number of carboxylic acids is 1. The van der Waals surface area contributed by atoms with E-state index in [1.807, 2.05) is 6.20 Å². The number of rotatable bonds is 7. The van der Waals surface area contributed by atoms with Gasteiger partial charge in [0.1, 0.15) is 6.73 Å². The summed E-state index contributed by atoms with van der Waals surface area (Å²) in [5.41, 5.74) is 1.69. The van der Waals surface area contributed by atoms with Crippen molar-refractivity contribution in [2.24, 2.45) is 0 Å². The standard InChI is InChI=1S/C16H21ClN2O3Si/c1-23(2,3)5-4-22-11-19-10-14(9-18-19)12-6-13(16(20)21)8-15(17)7-12/h6-10H,4-5,11H2,1-3H3,(H,20,21). The minimum atomic E-state index is -1.09. The van der Waals surface area contributed by atoms with Crippen molar-refractivity contribution in [3.63, 3.8) is 0 Å². The number of nitrogens with zero attached hydrogens (tertiary/aromatic N) is 2. The van der Waals surface area contributed by atoms with Gasteiger partial charge in [0, 0.05) is 31.5 Å². The molecule has 7 heteroatoms. The second-order valence-corrected chi connectivity index (χ2v) is 12.7. The summed E-state index contributed by atoms with van der Waals surface area (Å²) in [5.74, 6) is -1.00. The van der Waals surface area contributed by atoms with Gasteiger partial charge >= 0.3 is 5.97 Å². The summed E-state index contributed by atoms with van der Waals surface area (Å²) in [6.45, 7) is 8.03.